The van der Waals surface area contributed by atoms with Gasteiger partial charge in [-0.15, -0.1) is 0 Å². The maximum Gasteiger partial charge on any atom is 0.142 e. The summed E-state index contributed by atoms with van der Waals surface area (Å²) in [7, 11) is 0. The molecule has 1 aromatic rings. The summed E-state index contributed by atoms with van der Waals surface area (Å²) >= 11 is 5.58. The number of nitrogens with one attached hydrogen (secondary N) is 1. The van der Waals surface area contributed by atoms with Crippen LogP contribution in [0.25, 0.3) is 0 Å². The SMILES string of the molecule is Fc1cc2c(cc1Cl)NCC2. The number of benzene rings is 1. The van der Waals surface area contributed by atoms with Crippen LogP contribution >= 0.6 is 11.6 Å². The fraction of sp³-hybridized carbons (Fsp3) is 0.250. The van der Waals surface area contributed by atoms with Gasteiger partial charge >= 0.3 is 0 Å². The van der Waals surface area contributed by atoms with Crippen molar-refractivity contribution >= 4 is 17.3 Å². The maximum atomic E-state index is 12.8. The summed E-state index contributed by atoms with van der Waals surface area (Å²) in [4.78, 5) is 0. The molecule has 0 spiro atoms. The first kappa shape index (κ1) is 6.92. The molecule has 1 aromatic carbocycles. The average Bonchev–Trinajstić information content (AvgIpc) is 2.36. The van der Waals surface area contributed by atoms with Gasteiger partial charge in [0.1, 0.15) is 5.82 Å². The number of hydrogen-bond acceptors (Lipinski definition) is 1. The maximum absolute atomic E-state index is 12.8. The Bertz CT molecular complexity index is 269. The van der Waals surface area contributed by atoms with Gasteiger partial charge in [-0.1, -0.05) is 11.6 Å². The minimum absolute atomic E-state index is 0.193. The fourth-order valence-corrected chi connectivity index (χ4v) is 1.45. The molecule has 1 aliphatic rings. The summed E-state index contributed by atoms with van der Waals surface area (Å²) in [6.45, 7) is 0.884. The van der Waals surface area contributed by atoms with Gasteiger partial charge in [-0.25, -0.2) is 4.39 Å². The Kier molecular flexibility index (Phi) is 1.50. The molecule has 0 unspecified atom stereocenters. The Morgan fingerprint density at radius 2 is 2.27 bits per heavy atom. The second kappa shape index (κ2) is 2.38. The van der Waals surface area contributed by atoms with E-state index >= 15 is 0 Å². The summed E-state index contributed by atoms with van der Waals surface area (Å²) in [6.07, 6.45) is 0.892. The molecule has 0 atom stereocenters. The molecule has 0 aromatic heterocycles. The van der Waals surface area contributed by atoms with Crippen LogP contribution in [-0.2, 0) is 6.42 Å². The van der Waals surface area contributed by atoms with Crippen molar-refractivity contribution in [2.24, 2.45) is 0 Å². The van der Waals surface area contributed by atoms with Crippen LogP contribution in [0, 0.1) is 5.82 Å². The number of rotatable bonds is 0. The van der Waals surface area contributed by atoms with Crippen molar-refractivity contribution in [1.82, 2.24) is 0 Å². The van der Waals surface area contributed by atoms with Gasteiger partial charge in [0, 0.05) is 12.2 Å². The Balaban J connectivity index is 2.57. The van der Waals surface area contributed by atoms with E-state index in [0.29, 0.717) is 0 Å². The lowest BCUT2D eigenvalue weighted by atomic mass is 10.2. The second-order valence-corrected chi connectivity index (χ2v) is 3.01. The number of hydrogen-bond donors (Lipinski definition) is 1. The number of fused-ring (bicyclic) bond motifs is 1. The van der Waals surface area contributed by atoms with Crippen LogP contribution in [0.5, 0.6) is 0 Å². The standard InChI is InChI=1S/C8H7ClFN/c9-6-4-8-5(1-2-11-8)3-7(6)10/h3-4,11H,1-2H2. The molecule has 0 saturated carbocycles. The topological polar surface area (TPSA) is 12.0 Å². The lowest BCUT2D eigenvalue weighted by Crippen LogP contribution is -1.90. The Labute approximate surface area is 69.2 Å². The Hall–Kier alpha value is -0.760. The van der Waals surface area contributed by atoms with E-state index in [-0.39, 0.29) is 10.8 Å². The molecule has 0 saturated heterocycles. The third-order valence-electron chi connectivity index (χ3n) is 1.86. The molecule has 1 aliphatic heterocycles. The summed E-state index contributed by atoms with van der Waals surface area (Å²) in [5.74, 6) is -0.325. The van der Waals surface area contributed by atoms with Crippen LogP contribution in [-0.4, -0.2) is 6.54 Å². The second-order valence-electron chi connectivity index (χ2n) is 2.60. The van der Waals surface area contributed by atoms with Gasteiger partial charge in [-0.2, -0.15) is 0 Å². The molecule has 0 radical (unpaired) electrons. The molecule has 0 fully saturated rings. The summed E-state index contributed by atoms with van der Waals surface area (Å²) < 4.78 is 12.8. The zero-order valence-corrected chi connectivity index (χ0v) is 6.58. The monoisotopic (exact) mass is 171 g/mol. The largest absolute Gasteiger partial charge is 0.384 e. The third-order valence-corrected chi connectivity index (χ3v) is 2.15. The predicted octanol–water partition coefficient (Wildman–Crippen LogP) is 2.45. The van der Waals surface area contributed by atoms with E-state index < -0.39 is 0 Å². The Morgan fingerprint density at radius 3 is 3.09 bits per heavy atom. The quantitative estimate of drug-likeness (QED) is 0.632. The van der Waals surface area contributed by atoms with E-state index in [1.807, 2.05) is 0 Å². The number of anilines is 1. The highest BCUT2D eigenvalue weighted by atomic mass is 35.5. The van der Waals surface area contributed by atoms with Crippen molar-refractivity contribution in [3.05, 3.63) is 28.5 Å². The van der Waals surface area contributed by atoms with Crippen molar-refractivity contribution in [1.29, 1.82) is 0 Å². The van der Waals surface area contributed by atoms with Crippen LogP contribution in [0.15, 0.2) is 12.1 Å². The molecule has 1 N–H and O–H groups in total. The van der Waals surface area contributed by atoms with Gasteiger partial charge < -0.3 is 5.32 Å². The molecular weight excluding hydrogens is 165 g/mol. The zero-order valence-electron chi connectivity index (χ0n) is 5.82. The fourth-order valence-electron chi connectivity index (χ4n) is 1.29. The molecule has 58 valence electrons. The van der Waals surface area contributed by atoms with Gasteiger partial charge in [0.25, 0.3) is 0 Å². The van der Waals surface area contributed by atoms with Gasteiger partial charge in [0.05, 0.1) is 5.02 Å². The van der Waals surface area contributed by atoms with Crippen molar-refractivity contribution in [2.45, 2.75) is 6.42 Å². The molecule has 2 rings (SSSR count). The first-order chi connectivity index (χ1) is 5.27. The van der Waals surface area contributed by atoms with Crippen LogP contribution in [0.1, 0.15) is 5.56 Å². The molecule has 0 bridgehead atoms. The van der Waals surface area contributed by atoms with Gasteiger partial charge in [0.15, 0.2) is 0 Å². The molecule has 1 nitrogen and oxygen atoms in total. The van der Waals surface area contributed by atoms with E-state index in [2.05, 4.69) is 5.32 Å². The first-order valence-corrected chi connectivity index (χ1v) is 3.87. The van der Waals surface area contributed by atoms with Gasteiger partial charge in [0.2, 0.25) is 0 Å². The third kappa shape index (κ3) is 1.07. The highest BCUT2D eigenvalue weighted by Crippen LogP contribution is 2.27. The molecule has 1 heterocycles. The molecular formula is C8H7ClFN. The Morgan fingerprint density at radius 1 is 1.45 bits per heavy atom. The molecule has 11 heavy (non-hydrogen) atoms. The van der Waals surface area contributed by atoms with Crippen LogP contribution in [0.2, 0.25) is 5.02 Å². The first-order valence-electron chi connectivity index (χ1n) is 3.49. The van der Waals surface area contributed by atoms with E-state index in [0.717, 1.165) is 24.2 Å². The smallest absolute Gasteiger partial charge is 0.142 e. The summed E-state index contributed by atoms with van der Waals surface area (Å²) in [5.41, 5.74) is 1.99. The normalized spacial score (nSPS) is 14.4. The lowest BCUT2D eigenvalue weighted by Gasteiger charge is -2.00. The minimum atomic E-state index is -0.325. The van der Waals surface area contributed by atoms with Crippen molar-refractivity contribution in [2.75, 3.05) is 11.9 Å². The van der Waals surface area contributed by atoms with E-state index in [4.69, 9.17) is 11.6 Å². The van der Waals surface area contributed by atoms with Crippen molar-refractivity contribution in [3.63, 3.8) is 0 Å². The zero-order chi connectivity index (χ0) is 7.84. The summed E-state index contributed by atoms with van der Waals surface area (Å²) in [5, 5.41) is 3.31. The van der Waals surface area contributed by atoms with E-state index in [1.54, 1.807) is 6.07 Å². The van der Waals surface area contributed by atoms with Crippen molar-refractivity contribution < 1.29 is 4.39 Å². The van der Waals surface area contributed by atoms with Gasteiger partial charge in [-0.3, -0.25) is 0 Å². The van der Waals surface area contributed by atoms with Crippen LogP contribution in [0.3, 0.4) is 0 Å². The van der Waals surface area contributed by atoms with E-state index in [1.165, 1.54) is 6.07 Å². The summed E-state index contributed by atoms with van der Waals surface area (Å²) in [6, 6.07) is 3.14. The van der Waals surface area contributed by atoms with Crippen LogP contribution < -0.4 is 5.32 Å². The van der Waals surface area contributed by atoms with Gasteiger partial charge in [-0.05, 0) is 24.1 Å². The highest BCUT2D eigenvalue weighted by molar-refractivity contribution is 6.31. The number of halogens is 2. The lowest BCUT2D eigenvalue weighted by molar-refractivity contribution is 0.627. The predicted molar refractivity (Wildman–Crippen MR) is 43.6 cm³/mol. The average molecular weight is 172 g/mol. The van der Waals surface area contributed by atoms with E-state index in [9.17, 15) is 4.39 Å². The minimum Gasteiger partial charge on any atom is -0.384 e. The molecule has 0 aliphatic carbocycles. The van der Waals surface area contributed by atoms with Crippen LogP contribution in [0.4, 0.5) is 10.1 Å². The van der Waals surface area contributed by atoms with Crippen molar-refractivity contribution in [3.8, 4) is 0 Å². The highest BCUT2D eigenvalue weighted by Gasteiger charge is 2.12. The molecule has 3 heteroatoms. The molecule has 0 amide bonds.